The van der Waals surface area contributed by atoms with Crippen LogP contribution in [-0.2, 0) is 26.1 Å². The number of para-hydroxylation sites is 2. The predicted octanol–water partition coefficient (Wildman–Crippen LogP) is 5.18. The Hall–Kier alpha value is -2.62. The summed E-state index contributed by atoms with van der Waals surface area (Å²) in [4.78, 5) is 17.3. The maximum absolute atomic E-state index is 13.0. The Labute approximate surface area is 217 Å². The minimum atomic E-state index is -3.50. The average molecular weight is 528 g/mol. The highest BCUT2D eigenvalue weighted by molar-refractivity contribution is 7.99. The first-order chi connectivity index (χ1) is 17.1. The average Bonchev–Trinajstić information content (AvgIpc) is 3.18. The molecule has 3 aromatic rings. The second kappa shape index (κ2) is 11.2. The first-order valence-electron chi connectivity index (χ1n) is 12.1. The minimum Gasteiger partial charge on any atom is -0.459 e. The summed E-state index contributed by atoms with van der Waals surface area (Å²) >= 11 is 1.57. The number of fused-ring (bicyclic) bond motifs is 1. The number of piperidine rings is 1. The molecule has 0 saturated carbocycles. The molecular formula is C27H33N3O4S2. The highest BCUT2D eigenvalue weighted by atomic mass is 32.2. The quantitative estimate of drug-likeness (QED) is 0.297. The van der Waals surface area contributed by atoms with E-state index in [0.29, 0.717) is 18.8 Å². The molecule has 4 rings (SSSR count). The smallest absolute Gasteiger partial charge is 0.326 e. The van der Waals surface area contributed by atoms with Crippen molar-refractivity contribution in [3.63, 3.8) is 0 Å². The second-order valence-corrected chi connectivity index (χ2v) is 12.8. The van der Waals surface area contributed by atoms with E-state index in [4.69, 9.17) is 9.72 Å². The number of thioether (sulfide) groups is 1. The molecule has 36 heavy (non-hydrogen) atoms. The number of ether oxygens (including phenoxy) is 1. The molecule has 1 unspecified atom stereocenters. The fourth-order valence-corrected chi connectivity index (χ4v) is 6.66. The third-order valence-corrected chi connectivity index (χ3v) is 8.59. The van der Waals surface area contributed by atoms with Crippen LogP contribution < -0.4 is 0 Å². The minimum absolute atomic E-state index is 0.0789. The van der Waals surface area contributed by atoms with Gasteiger partial charge in [-0.3, -0.25) is 4.79 Å². The van der Waals surface area contributed by atoms with Gasteiger partial charge in [0.15, 0.2) is 5.16 Å². The summed E-state index contributed by atoms with van der Waals surface area (Å²) in [6.45, 7) is 6.63. The van der Waals surface area contributed by atoms with Gasteiger partial charge in [0, 0.05) is 24.3 Å². The Morgan fingerprint density at radius 2 is 1.86 bits per heavy atom. The lowest BCUT2D eigenvalue weighted by Gasteiger charge is -2.30. The summed E-state index contributed by atoms with van der Waals surface area (Å²) in [6.07, 6.45) is 3.42. The molecule has 1 fully saturated rings. The molecular weight excluding hydrogens is 494 g/mol. The molecule has 0 N–H and O–H groups in total. The zero-order valence-electron chi connectivity index (χ0n) is 21.0. The summed E-state index contributed by atoms with van der Waals surface area (Å²) in [7, 11) is -3.50. The van der Waals surface area contributed by atoms with Crippen LogP contribution in [0.5, 0.6) is 0 Å². The van der Waals surface area contributed by atoms with Gasteiger partial charge in [0.2, 0.25) is 10.0 Å². The SMILES string of the molecule is CC(C)(C)OC(=O)Cn1c(SCC2CCCN(S(=O)(=O)C=Cc3ccccc3)C2)nc2ccccc21. The molecule has 1 aliphatic heterocycles. The maximum Gasteiger partial charge on any atom is 0.326 e. The Morgan fingerprint density at radius 3 is 2.61 bits per heavy atom. The number of benzene rings is 2. The van der Waals surface area contributed by atoms with Gasteiger partial charge in [-0.25, -0.2) is 13.4 Å². The normalized spacial score (nSPS) is 17.6. The van der Waals surface area contributed by atoms with Crippen LogP contribution in [0.2, 0.25) is 0 Å². The van der Waals surface area contributed by atoms with Crippen molar-refractivity contribution >= 4 is 44.9 Å². The summed E-state index contributed by atoms with van der Waals surface area (Å²) in [5.74, 6) is 0.595. The number of rotatable bonds is 8. The number of hydrogen-bond donors (Lipinski definition) is 0. The molecule has 0 bridgehead atoms. The van der Waals surface area contributed by atoms with Crippen molar-refractivity contribution in [2.24, 2.45) is 5.92 Å². The van der Waals surface area contributed by atoms with Gasteiger partial charge in [0.1, 0.15) is 12.1 Å². The standard InChI is InChI=1S/C27H33N3O4S2/c1-27(2,3)34-25(31)19-30-24-14-8-7-13-23(24)28-26(30)35-20-22-12-9-16-29(18-22)36(32,33)17-15-21-10-5-4-6-11-21/h4-8,10-11,13-15,17,22H,9,12,16,18-20H2,1-3H3. The van der Waals surface area contributed by atoms with Crippen LogP contribution in [0.3, 0.4) is 0 Å². The highest BCUT2D eigenvalue weighted by Crippen LogP contribution is 2.30. The Morgan fingerprint density at radius 1 is 1.14 bits per heavy atom. The molecule has 9 heteroatoms. The number of esters is 1. The van der Waals surface area contributed by atoms with Gasteiger partial charge in [-0.2, -0.15) is 4.31 Å². The fraction of sp³-hybridized carbons (Fsp3) is 0.407. The number of hydrogen-bond acceptors (Lipinski definition) is 6. The molecule has 2 heterocycles. The number of carbonyl (C=O) groups excluding carboxylic acids is 1. The molecule has 1 atom stereocenters. The summed E-state index contributed by atoms with van der Waals surface area (Å²) < 4.78 is 34.9. The lowest BCUT2D eigenvalue weighted by molar-refractivity contribution is -0.155. The Kier molecular flexibility index (Phi) is 8.22. The van der Waals surface area contributed by atoms with Gasteiger partial charge in [-0.05, 0) is 63.3 Å². The second-order valence-electron chi connectivity index (χ2n) is 9.99. The van der Waals surface area contributed by atoms with E-state index in [-0.39, 0.29) is 18.4 Å². The third-order valence-electron chi connectivity index (χ3n) is 5.85. The van der Waals surface area contributed by atoms with Crippen molar-refractivity contribution in [1.82, 2.24) is 13.9 Å². The Balaban J connectivity index is 1.44. The molecule has 0 spiro atoms. The summed E-state index contributed by atoms with van der Waals surface area (Å²) in [6, 6.07) is 17.2. The highest BCUT2D eigenvalue weighted by Gasteiger charge is 2.28. The lowest BCUT2D eigenvalue weighted by Crippen LogP contribution is -2.39. The van der Waals surface area contributed by atoms with Gasteiger partial charge in [-0.15, -0.1) is 0 Å². The predicted molar refractivity (Wildman–Crippen MR) is 145 cm³/mol. The first-order valence-corrected chi connectivity index (χ1v) is 14.6. The van der Waals surface area contributed by atoms with Crippen molar-refractivity contribution in [3.05, 3.63) is 65.6 Å². The molecule has 1 saturated heterocycles. The van der Waals surface area contributed by atoms with Crippen LogP contribution in [-0.4, -0.2) is 52.7 Å². The van der Waals surface area contributed by atoms with E-state index in [0.717, 1.165) is 34.6 Å². The molecule has 0 aliphatic carbocycles. The first kappa shape index (κ1) is 26.4. The molecule has 192 valence electrons. The monoisotopic (exact) mass is 527 g/mol. The van der Waals surface area contributed by atoms with Gasteiger partial charge in [0.25, 0.3) is 0 Å². The maximum atomic E-state index is 13.0. The van der Waals surface area contributed by atoms with Crippen LogP contribution in [0, 0.1) is 5.92 Å². The van der Waals surface area contributed by atoms with Crippen molar-refractivity contribution in [1.29, 1.82) is 0 Å². The van der Waals surface area contributed by atoms with E-state index in [1.165, 1.54) is 5.41 Å². The van der Waals surface area contributed by atoms with E-state index in [9.17, 15) is 13.2 Å². The van der Waals surface area contributed by atoms with Gasteiger partial charge >= 0.3 is 5.97 Å². The van der Waals surface area contributed by atoms with Crippen molar-refractivity contribution in [3.8, 4) is 0 Å². The van der Waals surface area contributed by atoms with Crippen LogP contribution >= 0.6 is 11.8 Å². The van der Waals surface area contributed by atoms with Gasteiger partial charge in [0.05, 0.1) is 11.0 Å². The fourth-order valence-electron chi connectivity index (χ4n) is 4.22. The molecule has 2 aromatic carbocycles. The molecule has 0 amide bonds. The number of aromatic nitrogens is 2. The molecule has 0 radical (unpaired) electrons. The Bertz CT molecular complexity index is 1330. The molecule has 1 aromatic heterocycles. The largest absolute Gasteiger partial charge is 0.459 e. The number of carbonyl (C=O) groups is 1. The topological polar surface area (TPSA) is 81.5 Å². The summed E-state index contributed by atoms with van der Waals surface area (Å²) in [5, 5.41) is 2.05. The van der Waals surface area contributed by atoms with E-state index >= 15 is 0 Å². The van der Waals surface area contributed by atoms with E-state index in [2.05, 4.69) is 0 Å². The van der Waals surface area contributed by atoms with Crippen LogP contribution in [0.15, 0.2) is 65.2 Å². The van der Waals surface area contributed by atoms with E-state index in [1.54, 1.807) is 22.1 Å². The summed E-state index contributed by atoms with van der Waals surface area (Å²) in [5.41, 5.74) is 1.99. The number of nitrogens with zero attached hydrogens (tertiary/aromatic N) is 3. The van der Waals surface area contributed by atoms with E-state index < -0.39 is 15.6 Å². The van der Waals surface area contributed by atoms with Crippen LogP contribution in [0.4, 0.5) is 0 Å². The zero-order chi connectivity index (χ0) is 25.8. The van der Waals surface area contributed by atoms with E-state index in [1.807, 2.05) is 79.9 Å². The number of sulfonamides is 1. The zero-order valence-corrected chi connectivity index (χ0v) is 22.6. The lowest BCUT2D eigenvalue weighted by atomic mass is 10.0. The van der Waals surface area contributed by atoms with Crippen molar-refractivity contribution in [2.75, 3.05) is 18.8 Å². The van der Waals surface area contributed by atoms with Crippen LogP contribution in [0.1, 0.15) is 39.2 Å². The molecule has 1 aliphatic rings. The third kappa shape index (κ3) is 6.99. The van der Waals surface area contributed by atoms with Gasteiger partial charge < -0.3 is 9.30 Å². The van der Waals surface area contributed by atoms with Crippen LogP contribution in [0.25, 0.3) is 17.1 Å². The van der Waals surface area contributed by atoms with Crippen molar-refractivity contribution < 1.29 is 17.9 Å². The number of imidazole rings is 1. The molecule has 7 nitrogen and oxygen atoms in total. The van der Waals surface area contributed by atoms with Gasteiger partial charge in [-0.1, -0.05) is 54.2 Å². The van der Waals surface area contributed by atoms with Crippen molar-refractivity contribution in [2.45, 2.75) is 50.9 Å².